The van der Waals surface area contributed by atoms with Crippen molar-refractivity contribution in [3.8, 4) is 0 Å². The van der Waals surface area contributed by atoms with Crippen molar-refractivity contribution in [1.29, 1.82) is 0 Å². The van der Waals surface area contributed by atoms with Gasteiger partial charge < -0.3 is 5.32 Å². The van der Waals surface area contributed by atoms with E-state index in [1.807, 2.05) is 13.8 Å². The van der Waals surface area contributed by atoms with E-state index in [4.69, 9.17) is 5.90 Å². The van der Waals surface area contributed by atoms with E-state index in [9.17, 15) is 4.79 Å². The molecule has 0 aliphatic heterocycles. The second kappa shape index (κ2) is 4.29. The van der Waals surface area contributed by atoms with E-state index in [2.05, 4.69) is 10.2 Å². The van der Waals surface area contributed by atoms with Crippen molar-refractivity contribution in [1.82, 2.24) is 5.32 Å². The Morgan fingerprint density at radius 1 is 1.67 bits per heavy atom. The number of amides is 1. The first kappa shape index (κ1) is 8.39. The van der Waals surface area contributed by atoms with E-state index in [1.54, 1.807) is 0 Å². The van der Waals surface area contributed by atoms with Gasteiger partial charge in [0.15, 0.2) is 6.23 Å². The van der Waals surface area contributed by atoms with Gasteiger partial charge in [-0.2, -0.15) is 0 Å². The molecule has 0 rings (SSSR count). The number of nitrogens with one attached hydrogen (secondary N) is 1. The van der Waals surface area contributed by atoms with Crippen LogP contribution in [0.15, 0.2) is 0 Å². The van der Waals surface area contributed by atoms with E-state index in [0.717, 1.165) is 0 Å². The summed E-state index contributed by atoms with van der Waals surface area (Å²) in [5, 5.41) is 2.40. The zero-order valence-electron chi connectivity index (χ0n) is 5.63. The Kier molecular flexibility index (Phi) is 4.00. The van der Waals surface area contributed by atoms with Gasteiger partial charge in [0.05, 0.1) is 0 Å². The third-order valence-corrected chi connectivity index (χ3v) is 0.984. The summed E-state index contributed by atoms with van der Waals surface area (Å²) in [5.74, 6) is 5.03. The van der Waals surface area contributed by atoms with Gasteiger partial charge in [-0.05, 0) is 5.92 Å². The summed E-state index contributed by atoms with van der Waals surface area (Å²) in [5.41, 5.74) is 0. The van der Waals surface area contributed by atoms with Gasteiger partial charge in [0.25, 0.3) is 0 Å². The molecule has 1 amide bonds. The molecule has 0 saturated carbocycles. The molecular formula is C5H12N2O2. The Labute approximate surface area is 54.3 Å². The van der Waals surface area contributed by atoms with Gasteiger partial charge in [-0.25, -0.2) is 5.90 Å². The Hall–Kier alpha value is -0.610. The number of hydrogen-bond acceptors (Lipinski definition) is 3. The molecule has 1 atom stereocenters. The average molecular weight is 132 g/mol. The Morgan fingerprint density at radius 3 is 2.33 bits per heavy atom. The highest BCUT2D eigenvalue weighted by atomic mass is 16.6. The van der Waals surface area contributed by atoms with Crippen molar-refractivity contribution in [2.24, 2.45) is 11.8 Å². The van der Waals surface area contributed by atoms with Gasteiger partial charge in [-0.1, -0.05) is 13.8 Å². The Balaban J connectivity index is 3.53. The topological polar surface area (TPSA) is 64.3 Å². The van der Waals surface area contributed by atoms with Gasteiger partial charge in [-0.15, -0.1) is 0 Å². The van der Waals surface area contributed by atoms with E-state index in [1.165, 1.54) is 0 Å². The number of carbonyl (C=O) groups excluding carboxylic acids is 1. The number of nitrogens with two attached hydrogens (primary N) is 1. The highest BCUT2D eigenvalue weighted by Gasteiger charge is 2.09. The second-order valence-electron chi connectivity index (χ2n) is 2.09. The second-order valence-corrected chi connectivity index (χ2v) is 2.09. The lowest BCUT2D eigenvalue weighted by molar-refractivity contribution is -0.115. The Morgan fingerprint density at radius 2 is 2.22 bits per heavy atom. The average Bonchev–Trinajstić information content (AvgIpc) is 1.82. The monoisotopic (exact) mass is 132 g/mol. The largest absolute Gasteiger partial charge is 0.332 e. The van der Waals surface area contributed by atoms with Gasteiger partial charge in [-0.3, -0.25) is 9.63 Å². The SMILES string of the molecule is CC(C)C(NC=O)ON. The summed E-state index contributed by atoms with van der Waals surface area (Å²) >= 11 is 0. The molecule has 9 heavy (non-hydrogen) atoms. The lowest BCUT2D eigenvalue weighted by Gasteiger charge is -2.15. The van der Waals surface area contributed by atoms with Crippen molar-refractivity contribution in [2.45, 2.75) is 20.1 Å². The zero-order chi connectivity index (χ0) is 7.28. The molecule has 54 valence electrons. The molecule has 0 saturated heterocycles. The van der Waals surface area contributed by atoms with E-state index < -0.39 is 0 Å². The maximum absolute atomic E-state index is 9.83. The van der Waals surface area contributed by atoms with Crippen LogP contribution < -0.4 is 11.2 Å². The number of hydrogen-bond donors (Lipinski definition) is 2. The fourth-order valence-corrected chi connectivity index (χ4v) is 0.456. The third kappa shape index (κ3) is 3.05. The van der Waals surface area contributed by atoms with Crippen LogP contribution in [0.1, 0.15) is 13.8 Å². The van der Waals surface area contributed by atoms with Crippen LogP contribution in [0.3, 0.4) is 0 Å². The fourth-order valence-electron chi connectivity index (χ4n) is 0.456. The van der Waals surface area contributed by atoms with Crippen LogP contribution in [0.25, 0.3) is 0 Å². The molecule has 0 aromatic carbocycles. The normalized spacial score (nSPS) is 13.3. The molecule has 0 aromatic heterocycles. The van der Waals surface area contributed by atoms with Crippen molar-refractivity contribution < 1.29 is 9.63 Å². The van der Waals surface area contributed by atoms with Crippen molar-refractivity contribution >= 4 is 6.41 Å². The van der Waals surface area contributed by atoms with Crippen LogP contribution in [0.2, 0.25) is 0 Å². The third-order valence-electron chi connectivity index (χ3n) is 0.984. The standard InChI is InChI=1S/C5H12N2O2/c1-4(2)5(9-6)7-3-8/h3-5H,6H2,1-2H3,(H,7,8). The maximum Gasteiger partial charge on any atom is 0.209 e. The van der Waals surface area contributed by atoms with E-state index in [0.29, 0.717) is 6.41 Å². The maximum atomic E-state index is 9.83. The minimum Gasteiger partial charge on any atom is -0.332 e. The smallest absolute Gasteiger partial charge is 0.209 e. The lowest BCUT2D eigenvalue weighted by atomic mass is 10.2. The summed E-state index contributed by atoms with van der Waals surface area (Å²) in [6.45, 7) is 3.79. The molecule has 4 heteroatoms. The van der Waals surface area contributed by atoms with Crippen LogP contribution in [0.4, 0.5) is 0 Å². The summed E-state index contributed by atoms with van der Waals surface area (Å²) in [6.07, 6.45) is 0.194. The predicted octanol–water partition coefficient (Wildman–Crippen LogP) is -0.395. The Bertz CT molecular complexity index is 85.0. The minimum atomic E-state index is -0.373. The molecule has 0 radical (unpaired) electrons. The molecule has 0 spiro atoms. The van der Waals surface area contributed by atoms with Gasteiger partial charge in [0.2, 0.25) is 6.41 Å². The highest BCUT2D eigenvalue weighted by molar-refractivity contribution is 5.46. The first-order chi connectivity index (χ1) is 4.22. The first-order valence-electron chi connectivity index (χ1n) is 2.77. The van der Waals surface area contributed by atoms with E-state index >= 15 is 0 Å². The molecule has 4 nitrogen and oxygen atoms in total. The molecule has 0 aromatic rings. The first-order valence-corrected chi connectivity index (χ1v) is 2.77. The molecule has 1 unspecified atom stereocenters. The molecule has 0 fully saturated rings. The minimum absolute atomic E-state index is 0.195. The summed E-state index contributed by atoms with van der Waals surface area (Å²) in [4.78, 5) is 14.2. The predicted molar refractivity (Wildman–Crippen MR) is 33.1 cm³/mol. The van der Waals surface area contributed by atoms with E-state index in [-0.39, 0.29) is 12.1 Å². The van der Waals surface area contributed by atoms with Crippen LogP contribution in [-0.2, 0) is 9.63 Å². The number of carbonyl (C=O) groups is 1. The van der Waals surface area contributed by atoms with Crippen molar-refractivity contribution in [2.75, 3.05) is 0 Å². The van der Waals surface area contributed by atoms with Gasteiger partial charge >= 0.3 is 0 Å². The van der Waals surface area contributed by atoms with Crippen molar-refractivity contribution in [3.63, 3.8) is 0 Å². The zero-order valence-corrected chi connectivity index (χ0v) is 5.63. The lowest BCUT2D eigenvalue weighted by Crippen LogP contribution is -2.37. The molecule has 0 aliphatic rings. The van der Waals surface area contributed by atoms with Crippen LogP contribution >= 0.6 is 0 Å². The summed E-state index contributed by atoms with van der Waals surface area (Å²) < 4.78 is 0. The van der Waals surface area contributed by atoms with Gasteiger partial charge in [0, 0.05) is 0 Å². The molecule has 0 heterocycles. The van der Waals surface area contributed by atoms with Crippen LogP contribution in [0.5, 0.6) is 0 Å². The molecule has 3 N–H and O–H groups in total. The quantitative estimate of drug-likeness (QED) is 0.311. The number of rotatable bonds is 4. The summed E-state index contributed by atoms with van der Waals surface area (Å²) in [7, 11) is 0. The van der Waals surface area contributed by atoms with Crippen LogP contribution in [0, 0.1) is 5.92 Å². The van der Waals surface area contributed by atoms with Crippen molar-refractivity contribution in [3.05, 3.63) is 0 Å². The summed E-state index contributed by atoms with van der Waals surface area (Å²) in [6, 6.07) is 0. The fraction of sp³-hybridized carbons (Fsp3) is 0.800. The highest BCUT2D eigenvalue weighted by Crippen LogP contribution is 1.98. The van der Waals surface area contributed by atoms with Crippen LogP contribution in [-0.4, -0.2) is 12.6 Å². The molecule has 0 aliphatic carbocycles. The molecule has 0 bridgehead atoms. The van der Waals surface area contributed by atoms with Gasteiger partial charge in [0.1, 0.15) is 0 Å². The molecular weight excluding hydrogens is 120 g/mol.